The lowest BCUT2D eigenvalue weighted by Gasteiger charge is -2.47. The molecular weight excluding hydrogens is 430 g/mol. The van der Waals surface area contributed by atoms with Crippen LogP contribution in [0.1, 0.15) is 64.6 Å². The third kappa shape index (κ3) is 2.91. The summed E-state index contributed by atoms with van der Waals surface area (Å²) in [6, 6.07) is 1.25. The number of aromatic hydroxyl groups is 1. The lowest BCUT2D eigenvalue weighted by molar-refractivity contribution is 0.0684. The topological polar surface area (TPSA) is 77.8 Å². The first-order valence-electron chi connectivity index (χ1n) is 9.88. The number of ketones is 1. The Kier molecular flexibility index (Phi) is 4.84. The van der Waals surface area contributed by atoms with Gasteiger partial charge >= 0.3 is 5.97 Å². The van der Waals surface area contributed by atoms with Crippen molar-refractivity contribution in [3.05, 3.63) is 63.2 Å². The van der Waals surface area contributed by atoms with Crippen molar-refractivity contribution < 1.29 is 37.4 Å². The van der Waals surface area contributed by atoms with Crippen LogP contribution in [-0.2, 0) is 6.42 Å². The van der Waals surface area contributed by atoms with Gasteiger partial charge in [-0.1, -0.05) is 6.08 Å². The van der Waals surface area contributed by atoms with Gasteiger partial charge in [0.05, 0.1) is 22.4 Å². The number of carbonyl (C=O) groups excluding carboxylic acids is 1. The third-order valence-electron chi connectivity index (χ3n) is 6.09. The summed E-state index contributed by atoms with van der Waals surface area (Å²) in [4.78, 5) is 26.7. The first kappa shape index (κ1) is 21.9. The largest absolute Gasteiger partial charge is 0.507 e. The number of nitrogens with zero attached hydrogens (tertiary/aromatic N) is 1. The minimum atomic E-state index is -2.34. The van der Waals surface area contributed by atoms with Crippen molar-refractivity contribution in [2.24, 2.45) is 0 Å². The third-order valence-corrected chi connectivity index (χ3v) is 6.09. The molecule has 0 fully saturated rings. The van der Waals surface area contributed by atoms with E-state index in [9.17, 15) is 37.4 Å². The molecule has 9 heteroatoms. The number of phenolic OH excluding ortho intramolecular Hbond substituents is 1. The number of aromatic carboxylic acids is 1. The van der Waals surface area contributed by atoms with Crippen molar-refractivity contribution in [2.45, 2.75) is 39.2 Å². The van der Waals surface area contributed by atoms with Gasteiger partial charge in [-0.25, -0.2) is 22.4 Å². The first-order chi connectivity index (χ1) is 14.9. The highest BCUT2D eigenvalue weighted by molar-refractivity contribution is 6.16. The summed E-state index contributed by atoms with van der Waals surface area (Å²) in [6.07, 6.45) is 2.98. The fraction of sp³-hybridized carbons (Fsp3) is 0.304. The molecule has 32 heavy (non-hydrogen) atoms. The van der Waals surface area contributed by atoms with Gasteiger partial charge in [-0.15, -0.1) is 0 Å². The summed E-state index contributed by atoms with van der Waals surface area (Å²) in [6.45, 7) is 6.46. The van der Waals surface area contributed by atoms with Gasteiger partial charge in [-0.05, 0) is 45.3 Å². The zero-order valence-electron chi connectivity index (χ0n) is 17.4. The number of carbonyl (C=O) groups is 2. The molecule has 2 aliphatic rings. The summed E-state index contributed by atoms with van der Waals surface area (Å²) < 4.78 is 56.2. The fourth-order valence-corrected chi connectivity index (χ4v) is 4.71. The molecule has 0 radical (unpaired) electrons. The van der Waals surface area contributed by atoms with Crippen molar-refractivity contribution in [3.8, 4) is 5.75 Å². The zero-order valence-corrected chi connectivity index (χ0v) is 17.4. The van der Waals surface area contributed by atoms with Crippen molar-refractivity contribution in [2.75, 3.05) is 11.4 Å². The molecule has 2 N–H and O–H groups in total. The monoisotopic (exact) mass is 449 g/mol. The Morgan fingerprint density at radius 1 is 1.03 bits per heavy atom. The van der Waals surface area contributed by atoms with Crippen LogP contribution in [0.25, 0.3) is 5.57 Å². The minimum absolute atomic E-state index is 0.379. The number of halogens is 4. The Morgan fingerprint density at radius 3 is 2.22 bits per heavy atom. The van der Waals surface area contributed by atoms with Crippen LogP contribution in [0.15, 0.2) is 12.1 Å². The number of carboxylic acid groups (broad SMARTS) is 1. The summed E-state index contributed by atoms with van der Waals surface area (Å²) in [7, 11) is 0. The predicted octanol–water partition coefficient (Wildman–Crippen LogP) is 4.83. The molecule has 0 saturated heterocycles. The number of phenols is 1. The van der Waals surface area contributed by atoms with E-state index in [2.05, 4.69) is 4.90 Å². The van der Waals surface area contributed by atoms with Crippen LogP contribution in [-0.4, -0.2) is 34.0 Å². The number of benzene rings is 2. The highest BCUT2D eigenvalue weighted by atomic mass is 19.2. The van der Waals surface area contributed by atoms with Crippen molar-refractivity contribution in [1.82, 2.24) is 0 Å². The molecule has 0 aromatic heterocycles. The van der Waals surface area contributed by atoms with E-state index in [1.165, 1.54) is 6.07 Å². The highest BCUT2D eigenvalue weighted by Gasteiger charge is 2.39. The summed E-state index contributed by atoms with van der Waals surface area (Å²) >= 11 is 0. The standard InChI is InChI=1S/C23H19F4NO4/c1-9-8-23(2,3)28-6-4-5-10-19(28)11(9)7-12(20(10)29)21(30)13-14(22(31)32)16(25)18(27)17(26)15(13)24/h7-8,29H,4-6H2,1-3H3,(H,31,32). The lowest BCUT2D eigenvalue weighted by Crippen LogP contribution is -2.47. The maximum Gasteiger partial charge on any atom is 0.339 e. The number of carboxylic acids is 1. The van der Waals surface area contributed by atoms with Crippen LogP contribution in [0.5, 0.6) is 5.75 Å². The van der Waals surface area contributed by atoms with Crippen LogP contribution in [0.2, 0.25) is 0 Å². The first-order valence-corrected chi connectivity index (χ1v) is 9.88. The summed E-state index contributed by atoms with van der Waals surface area (Å²) in [5.74, 6) is -13.1. The van der Waals surface area contributed by atoms with Crippen LogP contribution in [0, 0.1) is 23.3 Å². The maximum absolute atomic E-state index is 14.5. The molecule has 2 aromatic carbocycles. The van der Waals surface area contributed by atoms with E-state index in [0.29, 0.717) is 36.2 Å². The van der Waals surface area contributed by atoms with E-state index in [0.717, 1.165) is 5.57 Å². The predicted molar refractivity (Wildman–Crippen MR) is 108 cm³/mol. The van der Waals surface area contributed by atoms with E-state index >= 15 is 0 Å². The number of hydrogen-bond donors (Lipinski definition) is 2. The van der Waals surface area contributed by atoms with Crippen molar-refractivity contribution in [3.63, 3.8) is 0 Å². The second-order valence-corrected chi connectivity index (χ2v) is 8.52. The molecule has 2 aromatic rings. The minimum Gasteiger partial charge on any atom is -0.507 e. The van der Waals surface area contributed by atoms with E-state index in [1.807, 2.05) is 19.9 Å². The van der Waals surface area contributed by atoms with E-state index < -0.39 is 57.5 Å². The average molecular weight is 449 g/mol. The van der Waals surface area contributed by atoms with Crippen LogP contribution in [0.3, 0.4) is 0 Å². The summed E-state index contributed by atoms with van der Waals surface area (Å²) in [5.41, 5.74) is -1.59. The van der Waals surface area contributed by atoms with Crippen LogP contribution in [0.4, 0.5) is 23.2 Å². The van der Waals surface area contributed by atoms with E-state index in [4.69, 9.17) is 0 Å². The molecule has 4 rings (SSSR count). The van der Waals surface area contributed by atoms with Gasteiger partial charge in [0, 0.05) is 17.7 Å². The summed E-state index contributed by atoms with van der Waals surface area (Å²) in [5, 5.41) is 20.2. The second kappa shape index (κ2) is 7.08. The smallest absolute Gasteiger partial charge is 0.339 e. The molecule has 0 saturated carbocycles. The SMILES string of the molecule is CC1=CC(C)(C)N2CCCc3c(O)c(C(=O)c4c(F)c(F)c(F)c(F)c4C(=O)O)cc1c32. The van der Waals surface area contributed by atoms with Crippen molar-refractivity contribution in [1.29, 1.82) is 0 Å². The number of anilines is 1. The maximum atomic E-state index is 14.5. The normalized spacial score (nSPS) is 16.5. The van der Waals surface area contributed by atoms with E-state index in [1.54, 1.807) is 6.92 Å². The molecule has 0 amide bonds. The molecule has 0 bridgehead atoms. The van der Waals surface area contributed by atoms with Gasteiger partial charge in [0.15, 0.2) is 23.3 Å². The number of allylic oxidation sites excluding steroid dienone is 1. The molecule has 2 heterocycles. The zero-order chi connectivity index (χ0) is 23.7. The van der Waals surface area contributed by atoms with Gasteiger partial charge < -0.3 is 15.1 Å². The Balaban J connectivity index is 2.02. The Labute approximate surface area is 180 Å². The van der Waals surface area contributed by atoms with Gasteiger partial charge in [0.1, 0.15) is 11.3 Å². The Morgan fingerprint density at radius 2 is 1.62 bits per heavy atom. The number of rotatable bonds is 3. The average Bonchev–Trinajstić information content (AvgIpc) is 2.72. The van der Waals surface area contributed by atoms with Crippen LogP contribution < -0.4 is 4.90 Å². The Hall–Kier alpha value is -3.36. The Bertz CT molecular complexity index is 1250. The molecule has 0 unspecified atom stereocenters. The fourth-order valence-electron chi connectivity index (χ4n) is 4.71. The molecule has 168 valence electrons. The van der Waals surface area contributed by atoms with Gasteiger partial charge in [-0.3, -0.25) is 4.79 Å². The van der Waals surface area contributed by atoms with Crippen molar-refractivity contribution >= 4 is 23.0 Å². The lowest BCUT2D eigenvalue weighted by atomic mass is 9.81. The second-order valence-electron chi connectivity index (χ2n) is 8.52. The molecule has 0 atom stereocenters. The van der Waals surface area contributed by atoms with Gasteiger partial charge in [0.25, 0.3) is 0 Å². The quantitative estimate of drug-likeness (QED) is 0.304. The molecule has 0 spiro atoms. The molecule has 0 aliphatic carbocycles. The molecule has 5 nitrogen and oxygen atoms in total. The molecule has 2 aliphatic heterocycles. The van der Waals surface area contributed by atoms with Gasteiger partial charge in [0.2, 0.25) is 5.78 Å². The highest BCUT2D eigenvalue weighted by Crippen LogP contribution is 2.48. The van der Waals surface area contributed by atoms with Crippen LogP contribution >= 0.6 is 0 Å². The number of hydrogen-bond acceptors (Lipinski definition) is 4. The molecular formula is C23H19F4NO4. The van der Waals surface area contributed by atoms with E-state index in [-0.39, 0.29) is 5.54 Å². The van der Waals surface area contributed by atoms with Gasteiger partial charge in [-0.2, -0.15) is 0 Å².